The molecular formula is C20H20N4O2S2. The number of thioether (sulfide) groups is 1. The SMILES string of the molecule is O=C(CSc1nc(-c2cccs2)nc2ccccc12)NC1CCCCNC1=O. The Morgan fingerprint density at radius 3 is 2.96 bits per heavy atom. The minimum Gasteiger partial charge on any atom is -0.354 e. The molecule has 1 aliphatic heterocycles. The molecule has 3 aromatic rings. The van der Waals surface area contributed by atoms with Crippen LogP contribution in [0.2, 0.25) is 0 Å². The molecule has 1 aromatic carbocycles. The van der Waals surface area contributed by atoms with E-state index in [1.165, 1.54) is 11.8 Å². The van der Waals surface area contributed by atoms with Crippen molar-refractivity contribution in [2.45, 2.75) is 30.3 Å². The number of amides is 2. The number of hydrogen-bond donors (Lipinski definition) is 2. The van der Waals surface area contributed by atoms with Crippen LogP contribution < -0.4 is 10.6 Å². The molecule has 3 heterocycles. The quantitative estimate of drug-likeness (QED) is 0.496. The molecule has 1 unspecified atom stereocenters. The summed E-state index contributed by atoms with van der Waals surface area (Å²) in [6, 6.07) is 11.3. The Hall–Kier alpha value is -2.45. The van der Waals surface area contributed by atoms with E-state index in [1.54, 1.807) is 11.3 Å². The Kier molecular flexibility index (Phi) is 5.87. The molecule has 1 saturated heterocycles. The maximum Gasteiger partial charge on any atom is 0.242 e. The van der Waals surface area contributed by atoms with E-state index in [4.69, 9.17) is 4.98 Å². The second-order valence-corrected chi connectivity index (χ2v) is 8.45. The third kappa shape index (κ3) is 4.34. The first kappa shape index (κ1) is 18.9. The smallest absolute Gasteiger partial charge is 0.242 e. The van der Waals surface area contributed by atoms with Crippen LogP contribution in [0.25, 0.3) is 21.6 Å². The van der Waals surface area contributed by atoms with Crippen LogP contribution in [0.5, 0.6) is 0 Å². The highest BCUT2D eigenvalue weighted by Crippen LogP contribution is 2.29. The van der Waals surface area contributed by atoms with Gasteiger partial charge in [0.15, 0.2) is 5.82 Å². The standard InChI is InChI=1S/C20H20N4O2S2/c25-17(22-15-8-3-4-10-21-19(15)26)12-28-20-13-6-1-2-7-14(13)23-18(24-20)16-9-5-11-27-16/h1-2,5-7,9,11,15H,3-4,8,10,12H2,(H,21,26)(H,22,25). The van der Waals surface area contributed by atoms with Gasteiger partial charge in [-0.05, 0) is 36.8 Å². The first-order chi connectivity index (χ1) is 13.7. The van der Waals surface area contributed by atoms with Gasteiger partial charge in [-0.15, -0.1) is 11.3 Å². The van der Waals surface area contributed by atoms with Gasteiger partial charge in [-0.2, -0.15) is 0 Å². The van der Waals surface area contributed by atoms with Crippen molar-refractivity contribution in [3.8, 4) is 10.7 Å². The fourth-order valence-corrected chi connectivity index (χ4v) is 4.61. The number of thiophene rings is 1. The zero-order valence-corrected chi connectivity index (χ0v) is 16.8. The lowest BCUT2D eigenvalue weighted by Gasteiger charge is -2.15. The average molecular weight is 413 g/mol. The third-order valence-corrected chi connectivity index (χ3v) is 6.38. The van der Waals surface area contributed by atoms with Crippen LogP contribution in [-0.4, -0.2) is 40.1 Å². The highest BCUT2D eigenvalue weighted by atomic mass is 32.2. The van der Waals surface area contributed by atoms with E-state index < -0.39 is 6.04 Å². The average Bonchev–Trinajstić information content (AvgIpc) is 3.18. The van der Waals surface area contributed by atoms with Crippen LogP contribution in [0.3, 0.4) is 0 Å². The van der Waals surface area contributed by atoms with Gasteiger partial charge < -0.3 is 10.6 Å². The molecule has 1 aliphatic rings. The van der Waals surface area contributed by atoms with Crippen molar-refractivity contribution in [2.24, 2.45) is 0 Å². The van der Waals surface area contributed by atoms with E-state index in [-0.39, 0.29) is 17.6 Å². The molecule has 8 heteroatoms. The lowest BCUT2D eigenvalue weighted by molar-refractivity contribution is -0.127. The number of nitrogens with one attached hydrogen (secondary N) is 2. The van der Waals surface area contributed by atoms with Crippen molar-refractivity contribution in [2.75, 3.05) is 12.3 Å². The van der Waals surface area contributed by atoms with E-state index >= 15 is 0 Å². The van der Waals surface area contributed by atoms with Crippen LogP contribution in [-0.2, 0) is 9.59 Å². The van der Waals surface area contributed by atoms with Gasteiger partial charge in [0.05, 0.1) is 16.1 Å². The molecule has 144 valence electrons. The topological polar surface area (TPSA) is 84.0 Å². The molecule has 0 aliphatic carbocycles. The number of rotatable bonds is 5. The number of aromatic nitrogens is 2. The fourth-order valence-electron chi connectivity index (χ4n) is 3.12. The van der Waals surface area contributed by atoms with E-state index in [2.05, 4.69) is 15.6 Å². The molecule has 0 bridgehead atoms. The van der Waals surface area contributed by atoms with Gasteiger partial charge in [0.1, 0.15) is 11.1 Å². The van der Waals surface area contributed by atoms with Crippen molar-refractivity contribution in [1.82, 2.24) is 20.6 Å². The molecule has 28 heavy (non-hydrogen) atoms. The van der Waals surface area contributed by atoms with Gasteiger partial charge in [-0.25, -0.2) is 9.97 Å². The van der Waals surface area contributed by atoms with Gasteiger partial charge in [0.2, 0.25) is 11.8 Å². The summed E-state index contributed by atoms with van der Waals surface area (Å²) in [6.07, 6.45) is 2.56. The minimum absolute atomic E-state index is 0.0942. The number of carbonyl (C=O) groups excluding carboxylic acids is 2. The summed E-state index contributed by atoms with van der Waals surface area (Å²) in [5.74, 6) is 0.616. The highest BCUT2D eigenvalue weighted by Gasteiger charge is 2.22. The lowest BCUT2D eigenvalue weighted by atomic mass is 10.1. The molecule has 2 N–H and O–H groups in total. The predicted octanol–water partition coefficient (Wildman–Crippen LogP) is 3.24. The summed E-state index contributed by atoms with van der Waals surface area (Å²) in [7, 11) is 0. The number of para-hydroxylation sites is 1. The Morgan fingerprint density at radius 1 is 1.21 bits per heavy atom. The summed E-state index contributed by atoms with van der Waals surface area (Å²) in [5.41, 5.74) is 0.854. The Morgan fingerprint density at radius 2 is 2.11 bits per heavy atom. The molecule has 1 fully saturated rings. The largest absolute Gasteiger partial charge is 0.354 e. The van der Waals surface area contributed by atoms with Crippen molar-refractivity contribution in [3.63, 3.8) is 0 Å². The lowest BCUT2D eigenvalue weighted by Crippen LogP contribution is -2.46. The Labute approximate surface area is 171 Å². The molecule has 0 spiro atoms. The molecule has 0 saturated carbocycles. The van der Waals surface area contributed by atoms with Crippen LogP contribution in [0.4, 0.5) is 0 Å². The first-order valence-corrected chi connectivity index (χ1v) is 11.1. The van der Waals surface area contributed by atoms with Crippen molar-refractivity contribution >= 4 is 45.8 Å². The van der Waals surface area contributed by atoms with Crippen LogP contribution >= 0.6 is 23.1 Å². The van der Waals surface area contributed by atoms with Gasteiger partial charge in [0.25, 0.3) is 0 Å². The zero-order chi connectivity index (χ0) is 19.3. The van der Waals surface area contributed by atoms with Gasteiger partial charge in [-0.3, -0.25) is 9.59 Å². The predicted molar refractivity (Wildman–Crippen MR) is 112 cm³/mol. The number of carbonyl (C=O) groups is 2. The number of hydrogen-bond acceptors (Lipinski definition) is 6. The van der Waals surface area contributed by atoms with Gasteiger partial charge >= 0.3 is 0 Å². The first-order valence-electron chi connectivity index (χ1n) is 9.21. The van der Waals surface area contributed by atoms with Crippen molar-refractivity contribution in [3.05, 3.63) is 41.8 Å². The van der Waals surface area contributed by atoms with E-state index in [9.17, 15) is 9.59 Å². The summed E-state index contributed by atoms with van der Waals surface area (Å²) in [5, 5.41) is 9.39. The molecule has 6 nitrogen and oxygen atoms in total. The molecule has 4 rings (SSSR count). The molecule has 2 amide bonds. The molecule has 0 radical (unpaired) electrons. The number of fused-ring (bicyclic) bond motifs is 1. The number of nitrogens with zero attached hydrogens (tertiary/aromatic N) is 2. The minimum atomic E-state index is -0.445. The summed E-state index contributed by atoms with van der Waals surface area (Å²) < 4.78 is 0. The van der Waals surface area contributed by atoms with Crippen LogP contribution in [0.1, 0.15) is 19.3 Å². The molecule has 1 atom stereocenters. The third-order valence-electron chi connectivity index (χ3n) is 4.52. The van der Waals surface area contributed by atoms with E-state index in [1.807, 2.05) is 41.8 Å². The zero-order valence-electron chi connectivity index (χ0n) is 15.2. The maximum absolute atomic E-state index is 12.4. The maximum atomic E-state index is 12.4. The monoisotopic (exact) mass is 412 g/mol. The van der Waals surface area contributed by atoms with Crippen molar-refractivity contribution in [1.29, 1.82) is 0 Å². The summed E-state index contributed by atoms with van der Waals surface area (Å²) >= 11 is 2.96. The highest BCUT2D eigenvalue weighted by molar-refractivity contribution is 8.00. The van der Waals surface area contributed by atoms with E-state index in [0.717, 1.165) is 33.6 Å². The summed E-state index contributed by atoms with van der Waals surface area (Å²) in [4.78, 5) is 34.8. The Balaban J connectivity index is 1.51. The van der Waals surface area contributed by atoms with Crippen LogP contribution in [0, 0.1) is 0 Å². The van der Waals surface area contributed by atoms with Crippen LogP contribution in [0.15, 0.2) is 46.8 Å². The number of benzene rings is 1. The fraction of sp³-hybridized carbons (Fsp3) is 0.300. The summed E-state index contributed by atoms with van der Waals surface area (Å²) in [6.45, 7) is 0.679. The Bertz CT molecular complexity index is 991. The molecule has 2 aromatic heterocycles. The van der Waals surface area contributed by atoms with Crippen molar-refractivity contribution < 1.29 is 9.59 Å². The van der Waals surface area contributed by atoms with Gasteiger partial charge in [-0.1, -0.05) is 36.0 Å². The normalized spacial score (nSPS) is 17.1. The molecular weight excluding hydrogens is 392 g/mol. The second kappa shape index (κ2) is 8.70. The van der Waals surface area contributed by atoms with Gasteiger partial charge in [0, 0.05) is 11.9 Å². The second-order valence-electron chi connectivity index (χ2n) is 6.54. The van der Waals surface area contributed by atoms with E-state index in [0.29, 0.717) is 18.8 Å².